The van der Waals surface area contributed by atoms with Crippen molar-refractivity contribution < 1.29 is 13.9 Å². The van der Waals surface area contributed by atoms with Crippen molar-refractivity contribution in [3.05, 3.63) is 24.3 Å². The highest BCUT2D eigenvalue weighted by molar-refractivity contribution is 7.99. The van der Waals surface area contributed by atoms with E-state index in [1.54, 1.807) is 0 Å². The number of rotatable bonds is 7. The Morgan fingerprint density at radius 1 is 1.48 bits per heavy atom. The van der Waals surface area contributed by atoms with E-state index in [9.17, 15) is 4.79 Å². The van der Waals surface area contributed by atoms with Crippen molar-refractivity contribution in [1.29, 1.82) is 0 Å². The van der Waals surface area contributed by atoms with Gasteiger partial charge in [0.2, 0.25) is 0 Å². The summed E-state index contributed by atoms with van der Waals surface area (Å²) in [5.41, 5.74) is 0.818. The quantitative estimate of drug-likeness (QED) is 0.627. The number of methoxy groups -OCH3 is 1. The minimum atomic E-state index is -0.754. The van der Waals surface area contributed by atoms with Gasteiger partial charge in [0.1, 0.15) is 11.1 Å². The van der Waals surface area contributed by atoms with Crippen LogP contribution in [0.2, 0.25) is 0 Å². The first kappa shape index (κ1) is 15.9. The Morgan fingerprint density at radius 3 is 2.90 bits per heavy atom. The molecule has 114 valence electrons. The predicted molar refractivity (Wildman–Crippen MR) is 83.4 cm³/mol. The predicted octanol–water partition coefficient (Wildman–Crippen LogP) is 2.85. The Kier molecular flexibility index (Phi) is 5.25. The molecule has 21 heavy (non-hydrogen) atoms. The number of ether oxygens (including phenoxy) is 1. The lowest BCUT2D eigenvalue weighted by molar-refractivity contribution is -0.146. The van der Waals surface area contributed by atoms with Gasteiger partial charge in [-0.25, -0.2) is 4.98 Å². The van der Waals surface area contributed by atoms with Crippen molar-refractivity contribution in [2.75, 3.05) is 19.4 Å². The van der Waals surface area contributed by atoms with Gasteiger partial charge in [-0.3, -0.25) is 4.79 Å². The van der Waals surface area contributed by atoms with E-state index in [4.69, 9.17) is 9.15 Å². The first-order chi connectivity index (χ1) is 10.1. The lowest BCUT2D eigenvalue weighted by atomic mass is 10.1. The summed E-state index contributed by atoms with van der Waals surface area (Å²) in [5.74, 6) is 0.214. The molecular weight excluding hydrogens is 288 g/mol. The zero-order valence-electron chi connectivity index (χ0n) is 12.5. The molecular formula is C15H20N2O3S. The molecule has 1 unspecified atom stereocenters. The monoisotopic (exact) mass is 308 g/mol. The normalized spacial score (nSPS) is 14.0. The maximum absolute atomic E-state index is 12.0. The van der Waals surface area contributed by atoms with Gasteiger partial charge in [0.25, 0.3) is 5.22 Å². The topological polar surface area (TPSA) is 64.4 Å². The molecule has 1 aromatic carbocycles. The fourth-order valence-corrected chi connectivity index (χ4v) is 2.87. The van der Waals surface area contributed by atoms with E-state index in [-0.39, 0.29) is 5.97 Å². The van der Waals surface area contributed by atoms with Gasteiger partial charge in [-0.05, 0) is 32.0 Å². The first-order valence-corrected chi connectivity index (χ1v) is 7.89. The molecule has 1 heterocycles. The lowest BCUT2D eigenvalue weighted by Gasteiger charge is -2.26. The summed E-state index contributed by atoms with van der Waals surface area (Å²) >= 11 is 1.41. The van der Waals surface area contributed by atoms with E-state index in [2.05, 4.69) is 17.2 Å². The summed E-state index contributed by atoms with van der Waals surface area (Å²) in [6, 6.07) is 7.60. The number of hydrogen-bond acceptors (Lipinski definition) is 6. The van der Waals surface area contributed by atoms with E-state index < -0.39 is 5.54 Å². The van der Waals surface area contributed by atoms with E-state index in [0.717, 1.165) is 24.1 Å². The summed E-state index contributed by atoms with van der Waals surface area (Å²) in [6.45, 7) is 4.64. The number of thioether (sulfide) groups is 1. The molecule has 0 fully saturated rings. The number of nitrogens with zero attached hydrogens (tertiary/aromatic N) is 1. The van der Waals surface area contributed by atoms with Crippen molar-refractivity contribution in [2.24, 2.45) is 0 Å². The Labute approximate surface area is 128 Å². The van der Waals surface area contributed by atoms with Gasteiger partial charge >= 0.3 is 5.97 Å². The van der Waals surface area contributed by atoms with Gasteiger partial charge < -0.3 is 14.5 Å². The Morgan fingerprint density at radius 2 is 2.24 bits per heavy atom. The number of nitrogens with one attached hydrogen (secondary N) is 1. The molecule has 0 aliphatic heterocycles. The number of oxazole rings is 1. The Bertz CT molecular complexity index is 581. The number of fused-ring (bicyclic) bond motifs is 1. The van der Waals surface area contributed by atoms with Crippen LogP contribution in [0.1, 0.15) is 20.3 Å². The van der Waals surface area contributed by atoms with Gasteiger partial charge in [0, 0.05) is 5.75 Å². The molecule has 0 bridgehead atoms. The molecule has 0 aliphatic rings. The van der Waals surface area contributed by atoms with E-state index >= 15 is 0 Å². The highest BCUT2D eigenvalue weighted by Crippen LogP contribution is 2.26. The molecule has 0 saturated carbocycles. The zero-order chi connectivity index (χ0) is 15.3. The minimum absolute atomic E-state index is 0.278. The maximum Gasteiger partial charge on any atom is 0.326 e. The van der Waals surface area contributed by atoms with Crippen LogP contribution in [0.15, 0.2) is 33.9 Å². The first-order valence-electron chi connectivity index (χ1n) is 6.91. The number of carbonyl (C=O) groups excluding carboxylic acids is 1. The second-order valence-electron chi connectivity index (χ2n) is 4.99. The van der Waals surface area contributed by atoms with Gasteiger partial charge in [0.15, 0.2) is 5.58 Å². The van der Waals surface area contributed by atoms with Gasteiger partial charge in [-0.1, -0.05) is 30.8 Å². The molecule has 2 aromatic rings. The van der Waals surface area contributed by atoms with Crippen LogP contribution in [0.25, 0.3) is 11.1 Å². The van der Waals surface area contributed by atoms with Crippen LogP contribution in [-0.2, 0) is 9.53 Å². The number of hydrogen-bond donors (Lipinski definition) is 1. The third-order valence-electron chi connectivity index (χ3n) is 3.16. The van der Waals surface area contributed by atoms with Crippen molar-refractivity contribution in [3.8, 4) is 0 Å². The molecule has 1 atom stereocenters. The second-order valence-corrected chi connectivity index (χ2v) is 5.91. The average molecular weight is 308 g/mol. The molecule has 5 nitrogen and oxygen atoms in total. The van der Waals surface area contributed by atoms with E-state index in [0.29, 0.717) is 11.0 Å². The van der Waals surface area contributed by atoms with Crippen LogP contribution >= 0.6 is 11.8 Å². The zero-order valence-corrected chi connectivity index (χ0v) is 13.3. The highest BCUT2D eigenvalue weighted by atomic mass is 32.2. The van der Waals surface area contributed by atoms with Crippen LogP contribution in [-0.4, -0.2) is 35.9 Å². The molecule has 0 aliphatic carbocycles. The summed E-state index contributed by atoms with van der Waals surface area (Å²) in [6.07, 6.45) is 0.945. The number of para-hydroxylation sites is 2. The van der Waals surface area contributed by atoms with E-state index in [1.807, 2.05) is 31.2 Å². The smallest absolute Gasteiger partial charge is 0.326 e. The number of aromatic nitrogens is 1. The van der Waals surface area contributed by atoms with Crippen molar-refractivity contribution in [3.63, 3.8) is 0 Å². The SMILES string of the molecule is CCCNC(C)(CSc1nc2ccccc2o1)C(=O)OC. The molecule has 2 rings (SSSR count). The second kappa shape index (κ2) is 6.95. The van der Waals surface area contributed by atoms with Crippen LogP contribution < -0.4 is 5.32 Å². The average Bonchev–Trinajstić information content (AvgIpc) is 2.93. The fourth-order valence-electron chi connectivity index (χ4n) is 1.93. The molecule has 0 saturated heterocycles. The summed E-state index contributed by atoms with van der Waals surface area (Å²) < 4.78 is 10.5. The van der Waals surface area contributed by atoms with Crippen molar-refractivity contribution in [1.82, 2.24) is 10.3 Å². The van der Waals surface area contributed by atoms with Crippen LogP contribution in [0.4, 0.5) is 0 Å². The molecule has 1 N–H and O–H groups in total. The Balaban J connectivity index is 2.08. The third-order valence-corrected chi connectivity index (χ3v) is 4.30. The summed E-state index contributed by atoms with van der Waals surface area (Å²) in [4.78, 5) is 16.4. The fraction of sp³-hybridized carbons (Fsp3) is 0.467. The van der Waals surface area contributed by atoms with Crippen LogP contribution in [0.5, 0.6) is 0 Å². The largest absolute Gasteiger partial charge is 0.468 e. The molecule has 1 aromatic heterocycles. The van der Waals surface area contributed by atoms with Crippen molar-refractivity contribution >= 4 is 28.8 Å². The van der Waals surface area contributed by atoms with Crippen LogP contribution in [0, 0.1) is 0 Å². The van der Waals surface area contributed by atoms with Gasteiger partial charge in [-0.2, -0.15) is 0 Å². The molecule has 6 heteroatoms. The summed E-state index contributed by atoms with van der Waals surface area (Å²) in [5, 5.41) is 3.80. The summed E-state index contributed by atoms with van der Waals surface area (Å²) in [7, 11) is 1.40. The molecule has 0 radical (unpaired) electrons. The number of carbonyl (C=O) groups is 1. The molecule has 0 amide bonds. The minimum Gasteiger partial charge on any atom is -0.468 e. The van der Waals surface area contributed by atoms with Gasteiger partial charge in [-0.15, -0.1) is 0 Å². The Hall–Kier alpha value is -1.53. The maximum atomic E-state index is 12.0. The van der Waals surface area contributed by atoms with E-state index in [1.165, 1.54) is 18.9 Å². The molecule has 0 spiro atoms. The van der Waals surface area contributed by atoms with Crippen molar-refractivity contribution in [2.45, 2.75) is 31.0 Å². The highest BCUT2D eigenvalue weighted by Gasteiger charge is 2.34. The lowest BCUT2D eigenvalue weighted by Crippen LogP contribution is -2.52. The number of esters is 1. The standard InChI is InChI=1S/C15H20N2O3S/c1-4-9-16-15(2,13(18)19-3)10-21-14-17-11-7-5-6-8-12(11)20-14/h5-8,16H,4,9-10H2,1-3H3. The number of benzene rings is 1. The third kappa shape index (κ3) is 3.77. The van der Waals surface area contributed by atoms with Gasteiger partial charge in [0.05, 0.1) is 7.11 Å². The van der Waals surface area contributed by atoms with Crippen LogP contribution in [0.3, 0.4) is 0 Å².